The Bertz CT molecular complexity index is 778. The molecule has 0 saturated heterocycles. The van der Waals surface area contributed by atoms with Crippen LogP contribution in [0, 0.1) is 24.7 Å². The highest BCUT2D eigenvalue weighted by Crippen LogP contribution is 2.35. The van der Waals surface area contributed by atoms with Crippen LogP contribution in [0.1, 0.15) is 58.3 Å². The Labute approximate surface area is 156 Å². The molecule has 4 heteroatoms. The van der Waals surface area contributed by atoms with E-state index in [-0.39, 0.29) is 18.6 Å². The largest absolute Gasteiger partial charge is 0.461 e. The summed E-state index contributed by atoms with van der Waals surface area (Å²) in [6.07, 6.45) is 4.23. The molecule has 1 aliphatic carbocycles. The van der Waals surface area contributed by atoms with E-state index in [1.807, 2.05) is 4.57 Å². The number of aromatic nitrogens is 2. The third-order valence-corrected chi connectivity index (χ3v) is 5.83. The molecule has 0 aliphatic heterocycles. The van der Waals surface area contributed by atoms with Crippen molar-refractivity contribution in [1.29, 1.82) is 0 Å². The van der Waals surface area contributed by atoms with Crippen LogP contribution in [0.15, 0.2) is 18.2 Å². The second kappa shape index (κ2) is 7.81. The zero-order valence-electron chi connectivity index (χ0n) is 16.8. The van der Waals surface area contributed by atoms with E-state index < -0.39 is 0 Å². The summed E-state index contributed by atoms with van der Waals surface area (Å²) in [4.78, 5) is 17.5. The molecule has 26 heavy (non-hydrogen) atoms. The van der Waals surface area contributed by atoms with Crippen molar-refractivity contribution in [3.63, 3.8) is 0 Å². The first-order valence-corrected chi connectivity index (χ1v) is 10.0. The van der Waals surface area contributed by atoms with Crippen LogP contribution in [-0.2, 0) is 22.5 Å². The quantitative estimate of drug-likeness (QED) is 0.715. The molecule has 142 valence electrons. The minimum atomic E-state index is -0.135. The maximum atomic E-state index is 12.8. The topological polar surface area (TPSA) is 44.1 Å². The van der Waals surface area contributed by atoms with Crippen LogP contribution >= 0.6 is 0 Å². The summed E-state index contributed by atoms with van der Waals surface area (Å²) in [5.74, 6) is 2.46. The molecule has 0 bridgehead atoms. The van der Waals surface area contributed by atoms with Gasteiger partial charge in [0.25, 0.3) is 0 Å². The summed E-state index contributed by atoms with van der Waals surface area (Å²) in [6, 6.07) is 6.21. The summed E-state index contributed by atoms with van der Waals surface area (Å²) >= 11 is 0. The summed E-state index contributed by atoms with van der Waals surface area (Å²) in [6.45, 7) is 11.1. The number of esters is 1. The molecule has 1 aromatic heterocycles. The lowest BCUT2D eigenvalue weighted by atomic mass is 9.75. The Hall–Kier alpha value is -1.84. The first kappa shape index (κ1) is 18.9. The average Bonchev–Trinajstić information content (AvgIpc) is 2.91. The third kappa shape index (κ3) is 3.94. The highest BCUT2D eigenvalue weighted by molar-refractivity contribution is 5.79. The average molecular weight is 357 g/mol. The van der Waals surface area contributed by atoms with Gasteiger partial charge in [0, 0.05) is 6.42 Å². The molecule has 0 amide bonds. The molecule has 4 nitrogen and oxygen atoms in total. The van der Waals surface area contributed by atoms with Gasteiger partial charge in [0.05, 0.1) is 11.0 Å². The molecule has 0 radical (unpaired) electrons. The smallest absolute Gasteiger partial charge is 0.326 e. The highest BCUT2D eigenvalue weighted by atomic mass is 16.5. The van der Waals surface area contributed by atoms with E-state index in [2.05, 4.69) is 52.8 Å². The maximum absolute atomic E-state index is 12.8. The normalized spacial score (nSPS) is 23.5. The van der Waals surface area contributed by atoms with Crippen LogP contribution in [0.5, 0.6) is 0 Å². The number of rotatable bonds is 5. The van der Waals surface area contributed by atoms with E-state index in [9.17, 15) is 4.79 Å². The van der Waals surface area contributed by atoms with E-state index in [1.165, 1.54) is 12.0 Å². The Morgan fingerprint density at radius 1 is 1.35 bits per heavy atom. The molecular formula is C22H32N2O2. The number of hydrogen-bond acceptors (Lipinski definition) is 3. The number of imidazole rings is 1. The number of benzene rings is 1. The van der Waals surface area contributed by atoms with Gasteiger partial charge in [-0.05, 0) is 55.2 Å². The Balaban J connectivity index is 1.78. The zero-order chi connectivity index (χ0) is 18.8. The molecule has 3 rings (SSSR count). The lowest BCUT2D eigenvalue weighted by Crippen LogP contribution is -2.36. The summed E-state index contributed by atoms with van der Waals surface area (Å²) in [5.41, 5.74) is 3.16. The predicted octanol–water partition coefficient (Wildman–Crippen LogP) is 4.91. The van der Waals surface area contributed by atoms with Gasteiger partial charge in [-0.2, -0.15) is 0 Å². The van der Waals surface area contributed by atoms with Crippen LogP contribution < -0.4 is 0 Å². The second-order valence-electron chi connectivity index (χ2n) is 8.31. The molecule has 1 heterocycles. The molecule has 1 saturated carbocycles. The summed E-state index contributed by atoms with van der Waals surface area (Å²) < 4.78 is 8.02. The van der Waals surface area contributed by atoms with Crippen molar-refractivity contribution < 1.29 is 9.53 Å². The summed E-state index contributed by atoms with van der Waals surface area (Å²) in [7, 11) is 0. The van der Waals surface area contributed by atoms with Crippen molar-refractivity contribution in [2.75, 3.05) is 0 Å². The molecule has 1 aliphatic rings. The zero-order valence-corrected chi connectivity index (χ0v) is 16.8. The molecule has 1 fully saturated rings. The standard InChI is InChI=1S/C22H32N2O2/c1-6-21-23-18-11-15(4)8-10-19(18)24(21)13-22(25)26-20-12-16(5)7-9-17(20)14(2)3/h8,10-11,14,16-17,20H,6-7,9,12-13H2,1-5H3/t16?,17?,20-/m1/s1. The van der Waals surface area contributed by atoms with Crippen LogP contribution in [0.25, 0.3) is 11.0 Å². The van der Waals surface area contributed by atoms with Gasteiger partial charge in [0.2, 0.25) is 0 Å². The van der Waals surface area contributed by atoms with E-state index in [0.717, 1.165) is 36.1 Å². The lowest BCUT2D eigenvalue weighted by molar-refractivity contribution is -0.156. The van der Waals surface area contributed by atoms with E-state index in [1.54, 1.807) is 0 Å². The minimum absolute atomic E-state index is 0.0494. The van der Waals surface area contributed by atoms with Crippen LogP contribution in [0.4, 0.5) is 0 Å². The fraction of sp³-hybridized carbons (Fsp3) is 0.636. The van der Waals surface area contributed by atoms with Gasteiger partial charge in [0.15, 0.2) is 0 Å². The van der Waals surface area contributed by atoms with Crippen molar-refractivity contribution in [3.05, 3.63) is 29.6 Å². The van der Waals surface area contributed by atoms with Crippen LogP contribution in [0.3, 0.4) is 0 Å². The number of fused-ring (bicyclic) bond motifs is 1. The van der Waals surface area contributed by atoms with Gasteiger partial charge in [-0.1, -0.05) is 40.2 Å². The molecule has 0 spiro atoms. The van der Waals surface area contributed by atoms with Crippen molar-refractivity contribution in [1.82, 2.24) is 9.55 Å². The van der Waals surface area contributed by atoms with Crippen molar-refractivity contribution >= 4 is 17.0 Å². The van der Waals surface area contributed by atoms with Gasteiger partial charge in [0.1, 0.15) is 18.5 Å². The maximum Gasteiger partial charge on any atom is 0.326 e. The van der Waals surface area contributed by atoms with Crippen LogP contribution in [-0.4, -0.2) is 21.6 Å². The van der Waals surface area contributed by atoms with E-state index >= 15 is 0 Å². The van der Waals surface area contributed by atoms with Crippen molar-refractivity contribution in [2.45, 2.75) is 73.0 Å². The van der Waals surface area contributed by atoms with Crippen molar-refractivity contribution in [2.24, 2.45) is 17.8 Å². The van der Waals surface area contributed by atoms with Gasteiger partial charge in [-0.15, -0.1) is 0 Å². The van der Waals surface area contributed by atoms with Gasteiger partial charge < -0.3 is 9.30 Å². The number of aryl methyl sites for hydroxylation is 2. The summed E-state index contributed by atoms with van der Waals surface area (Å²) in [5, 5.41) is 0. The Kier molecular flexibility index (Phi) is 5.69. The number of nitrogens with zero attached hydrogens (tertiary/aromatic N) is 2. The number of hydrogen-bond donors (Lipinski definition) is 0. The molecule has 2 unspecified atom stereocenters. The highest BCUT2D eigenvalue weighted by Gasteiger charge is 2.33. The van der Waals surface area contributed by atoms with Gasteiger partial charge >= 0.3 is 5.97 Å². The monoisotopic (exact) mass is 356 g/mol. The molecule has 3 atom stereocenters. The van der Waals surface area contributed by atoms with Gasteiger partial charge in [-0.3, -0.25) is 4.79 Å². The van der Waals surface area contributed by atoms with Gasteiger partial charge in [-0.25, -0.2) is 4.98 Å². The number of ether oxygens (including phenoxy) is 1. The Morgan fingerprint density at radius 3 is 2.81 bits per heavy atom. The molecule has 2 aromatic rings. The van der Waals surface area contributed by atoms with Crippen molar-refractivity contribution in [3.8, 4) is 0 Å². The fourth-order valence-electron chi connectivity index (χ4n) is 4.32. The van der Waals surface area contributed by atoms with E-state index in [4.69, 9.17) is 9.72 Å². The molecular weight excluding hydrogens is 324 g/mol. The first-order valence-electron chi connectivity index (χ1n) is 10.0. The second-order valence-corrected chi connectivity index (χ2v) is 8.31. The predicted molar refractivity (Wildman–Crippen MR) is 105 cm³/mol. The third-order valence-electron chi connectivity index (χ3n) is 5.83. The minimum Gasteiger partial charge on any atom is -0.461 e. The number of carbonyl (C=O) groups is 1. The molecule has 0 N–H and O–H groups in total. The SMILES string of the molecule is CCc1nc2cc(C)ccc2n1CC(=O)O[C@@H]1CC(C)CCC1C(C)C. The fourth-order valence-corrected chi connectivity index (χ4v) is 4.32. The van der Waals surface area contributed by atoms with E-state index in [0.29, 0.717) is 17.8 Å². The van der Waals surface area contributed by atoms with Crippen LogP contribution in [0.2, 0.25) is 0 Å². The Morgan fingerprint density at radius 2 is 2.12 bits per heavy atom. The first-order chi connectivity index (χ1) is 12.4. The lowest BCUT2D eigenvalue weighted by Gasteiger charge is -2.36. The molecule has 1 aromatic carbocycles. The number of carbonyl (C=O) groups excluding carboxylic acids is 1.